The zero-order chi connectivity index (χ0) is 14.8. The molecule has 1 fully saturated rings. The molecule has 3 heterocycles. The fourth-order valence-corrected chi connectivity index (χ4v) is 2.60. The number of hydrogen-bond donors (Lipinski definition) is 0. The zero-order valence-electron chi connectivity index (χ0n) is 11.8. The molecule has 0 aliphatic carbocycles. The van der Waals surface area contributed by atoms with Crippen LogP contribution in [0.25, 0.3) is 5.95 Å². The Morgan fingerprint density at radius 1 is 1.24 bits per heavy atom. The third-order valence-corrected chi connectivity index (χ3v) is 3.38. The minimum atomic E-state index is 0.00712. The standard InChI is InChI=1S/C13H16ClN5O2/c1-8-6-10(7-9(2)20-8)21-13-17-11(14)16-12(18-13)19-5-3-4-15-19/h3-5,8-10H,6-7H2,1-2H3. The Balaban J connectivity index is 1.79. The zero-order valence-corrected chi connectivity index (χ0v) is 12.6. The highest BCUT2D eigenvalue weighted by atomic mass is 35.5. The van der Waals surface area contributed by atoms with Crippen LogP contribution in [0, 0.1) is 0 Å². The first-order valence-corrected chi connectivity index (χ1v) is 7.21. The van der Waals surface area contributed by atoms with Crippen molar-refractivity contribution < 1.29 is 9.47 Å². The minimum absolute atomic E-state index is 0.00712. The van der Waals surface area contributed by atoms with Gasteiger partial charge < -0.3 is 9.47 Å². The Labute approximate surface area is 127 Å². The third-order valence-electron chi connectivity index (χ3n) is 3.21. The van der Waals surface area contributed by atoms with E-state index in [1.54, 1.807) is 18.5 Å². The fraction of sp³-hybridized carbons (Fsp3) is 0.538. The van der Waals surface area contributed by atoms with E-state index in [4.69, 9.17) is 21.1 Å². The highest BCUT2D eigenvalue weighted by molar-refractivity contribution is 6.28. The number of ether oxygens (including phenoxy) is 2. The van der Waals surface area contributed by atoms with Crippen molar-refractivity contribution in [2.45, 2.75) is 45.0 Å². The molecule has 0 saturated carbocycles. The van der Waals surface area contributed by atoms with E-state index in [1.807, 2.05) is 13.8 Å². The molecule has 8 heteroatoms. The molecule has 7 nitrogen and oxygen atoms in total. The van der Waals surface area contributed by atoms with Gasteiger partial charge in [0, 0.05) is 25.2 Å². The van der Waals surface area contributed by atoms with E-state index in [0.717, 1.165) is 12.8 Å². The van der Waals surface area contributed by atoms with E-state index in [1.165, 1.54) is 4.68 Å². The molecule has 1 saturated heterocycles. The molecule has 0 aromatic carbocycles. The van der Waals surface area contributed by atoms with Crippen LogP contribution in [0.1, 0.15) is 26.7 Å². The monoisotopic (exact) mass is 309 g/mol. The summed E-state index contributed by atoms with van der Waals surface area (Å²) >= 11 is 5.93. The smallest absolute Gasteiger partial charge is 0.322 e. The summed E-state index contributed by atoms with van der Waals surface area (Å²) in [6.45, 7) is 4.06. The second-order valence-corrected chi connectivity index (χ2v) is 5.44. The van der Waals surface area contributed by atoms with E-state index in [0.29, 0.717) is 5.95 Å². The summed E-state index contributed by atoms with van der Waals surface area (Å²) in [5.41, 5.74) is 0. The van der Waals surface area contributed by atoms with Crippen LogP contribution in [0.5, 0.6) is 6.01 Å². The number of nitrogens with zero attached hydrogens (tertiary/aromatic N) is 5. The molecule has 21 heavy (non-hydrogen) atoms. The maximum absolute atomic E-state index is 5.93. The van der Waals surface area contributed by atoms with Crippen molar-refractivity contribution in [3.63, 3.8) is 0 Å². The topological polar surface area (TPSA) is 75.0 Å². The van der Waals surface area contributed by atoms with Crippen LogP contribution in [-0.4, -0.2) is 43.0 Å². The fourth-order valence-electron chi connectivity index (χ4n) is 2.45. The Morgan fingerprint density at radius 3 is 2.67 bits per heavy atom. The summed E-state index contributed by atoms with van der Waals surface area (Å²) in [5, 5.41) is 4.15. The molecule has 0 amide bonds. The first kappa shape index (κ1) is 14.2. The Kier molecular flexibility index (Phi) is 4.03. The lowest BCUT2D eigenvalue weighted by atomic mass is 10.0. The van der Waals surface area contributed by atoms with Gasteiger partial charge in [0.25, 0.3) is 5.95 Å². The second kappa shape index (κ2) is 5.95. The van der Waals surface area contributed by atoms with E-state index in [2.05, 4.69) is 20.1 Å². The maximum atomic E-state index is 5.93. The van der Waals surface area contributed by atoms with Gasteiger partial charge in [0.15, 0.2) is 0 Å². The van der Waals surface area contributed by atoms with E-state index in [9.17, 15) is 0 Å². The van der Waals surface area contributed by atoms with E-state index < -0.39 is 0 Å². The molecule has 0 N–H and O–H groups in total. The molecule has 1 aliphatic heterocycles. The van der Waals surface area contributed by atoms with Crippen LogP contribution in [0.3, 0.4) is 0 Å². The molecule has 0 bridgehead atoms. The van der Waals surface area contributed by atoms with Crippen LogP contribution in [-0.2, 0) is 4.74 Å². The Hall–Kier alpha value is -1.73. The molecule has 0 spiro atoms. The molecule has 1 aliphatic rings. The van der Waals surface area contributed by atoms with Gasteiger partial charge in [0.05, 0.1) is 12.2 Å². The first-order chi connectivity index (χ1) is 10.1. The lowest BCUT2D eigenvalue weighted by molar-refractivity contribution is -0.0739. The predicted molar refractivity (Wildman–Crippen MR) is 75.6 cm³/mol. The Morgan fingerprint density at radius 2 is 2.00 bits per heavy atom. The second-order valence-electron chi connectivity index (χ2n) is 5.11. The number of rotatable bonds is 3. The van der Waals surface area contributed by atoms with E-state index >= 15 is 0 Å². The molecule has 2 aromatic rings. The van der Waals surface area contributed by atoms with Crippen LogP contribution in [0.4, 0.5) is 0 Å². The van der Waals surface area contributed by atoms with Crippen molar-refractivity contribution in [2.75, 3.05) is 0 Å². The Bertz CT molecular complexity index is 597. The SMILES string of the molecule is CC1CC(Oc2nc(Cl)nc(-n3cccn3)n2)CC(C)O1. The van der Waals surface area contributed by atoms with Gasteiger partial charge in [-0.25, -0.2) is 4.68 Å². The van der Waals surface area contributed by atoms with Crippen LogP contribution < -0.4 is 4.74 Å². The summed E-state index contributed by atoms with van der Waals surface area (Å²) in [7, 11) is 0. The minimum Gasteiger partial charge on any atom is -0.460 e. The van der Waals surface area contributed by atoms with Gasteiger partial charge in [-0.1, -0.05) is 0 Å². The highest BCUT2D eigenvalue weighted by Crippen LogP contribution is 2.23. The normalized spacial score (nSPS) is 25.8. The molecule has 112 valence electrons. The predicted octanol–water partition coefficient (Wildman–Crippen LogP) is 2.05. The summed E-state index contributed by atoms with van der Waals surface area (Å²) < 4.78 is 13.0. The largest absolute Gasteiger partial charge is 0.460 e. The van der Waals surface area contributed by atoms with Crippen LogP contribution >= 0.6 is 11.6 Å². The van der Waals surface area contributed by atoms with Crippen molar-refractivity contribution >= 4 is 11.6 Å². The van der Waals surface area contributed by atoms with Crippen molar-refractivity contribution in [1.82, 2.24) is 24.7 Å². The van der Waals surface area contributed by atoms with Gasteiger partial charge >= 0.3 is 6.01 Å². The molecule has 0 radical (unpaired) electrons. The molecular weight excluding hydrogens is 294 g/mol. The van der Waals surface area contributed by atoms with Gasteiger partial charge in [0.1, 0.15) is 6.10 Å². The summed E-state index contributed by atoms with van der Waals surface area (Å²) in [6.07, 6.45) is 5.28. The highest BCUT2D eigenvalue weighted by Gasteiger charge is 2.26. The quantitative estimate of drug-likeness (QED) is 0.863. The van der Waals surface area contributed by atoms with Crippen molar-refractivity contribution in [2.24, 2.45) is 0 Å². The van der Waals surface area contributed by atoms with Crippen LogP contribution in [0.15, 0.2) is 18.5 Å². The van der Waals surface area contributed by atoms with Gasteiger partial charge in [0.2, 0.25) is 5.28 Å². The van der Waals surface area contributed by atoms with Crippen molar-refractivity contribution in [3.8, 4) is 12.0 Å². The van der Waals surface area contributed by atoms with Gasteiger partial charge in [-0.15, -0.1) is 0 Å². The third kappa shape index (κ3) is 3.48. The summed E-state index contributed by atoms with van der Waals surface area (Å²) in [6, 6.07) is 1.99. The van der Waals surface area contributed by atoms with Crippen molar-refractivity contribution in [3.05, 3.63) is 23.7 Å². The van der Waals surface area contributed by atoms with Gasteiger partial charge in [-0.05, 0) is 31.5 Å². The summed E-state index contributed by atoms with van der Waals surface area (Å²) in [4.78, 5) is 12.3. The van der Waals surface area contributed by atoms with E-state index in [-0.39, 0.29) is 29.6 Å². The lowest BCUT2D eigenvalue weighted by Crippen LogP contribution is -2.36. The molecule has 3 rings (SSSR count). The maximum Gasteiger partial charge on any atom is 0.322 e. The molecule has 2 unspecified atom stereocenters. The number of halogens is 1. The molecule has 2 aromatic heterocycles. The van der Waals surface area contributed by atoms with Crippen LogP contribution in [0.2, 0.25) is 5.28 Å². The summed E-state index contributed by atoms with van der Waals surface area (Å²) in [5.74, 6) is 0.336. The number of aromatic nitrogens is 5. The van der Waals surface area contributed by atoms with Gasteiger partial charge in [-0.3, -0.25) is 0 Å². The average Bonchev–Trinajstić information content (AvgIpc) is 2.90. The molecular formula is C13H16ClN5O2. The first-order valence-electron chi connectivity index (χ1n) is 6.84. The van der Waals surface area contributed by atoms with Gasteiger partial charge in [-0.2, -0.15) is 20.1 Å². The molecule has 2 atom stereocenters. The van der Waals surface area contributed by atoms with Crippen molar-refractivity contribution in [1.29, 1.82) is 0 Å². The average molecular weight is 310 g/mol. The number of hydrogen-bond acceptors (Lipinski definition) is 6. The lowest BCUT2D eigenvalue weighted by Gasteiger charge is -2.31.